The van der Waals surface area contributed by atoms with Crippen LogP contribution in [0.1, 0.15) is 57.2 Å². The van der Waals surface area contributed by atoms with Crippen molar-refractivity contribution in [2.75, 3.05) is 7.05 Å². The van der Waals surface area contributed by atoms with Crippen molar-refractivity contribution < 1.29 is 9.15 Å². The van der Waals surface area contributed by atoms with Gasteiger partial charge in [0.25, 0.3) is 0 Å². The highest BCUT2D eigenvalue weighted by Crippen LogP contribution is 2.27. The summed E-state index contributed by atoms with van der Waals surface area (Å²) in [5, 5.41) is 6.58. The lowest BCUT2D eigenvalue weighted by molar-refractivity contribution is 0.119. The van der Waals surface area contributed by atoms with Crippen LogP contribution in [0.5, 0.6) is 5.75 Å². The van der Waals surface area contributed by atoms with Gasteiger partial charge < -0.3 is 19.8 Å². The van der Waals surface area contributed by atoms with Gasteiger partial charge in [0.1, 0.15) is 11.5 Å². The Balaban J connectivity index is 0.00000280. The molecule has 0 atom stereocenters. The van der Waals surface area contributed by atoms with Crippen molar-refractivity contribution >= 4 is 29.9 Å². The minimum absolute atomic E-state index is 0. The molecule has 0 amide bonds. The van der Waals surface area contributed by atoms with Gasteiger partial charge in [-0.25, -0.2) is 4.98 Å². The Kier molecular flexibility index (Phi) is 8.15. The van der Waals surface area contributed by atoms with Gasteiger partial charge in [0.2, 0.25) is 5.89 Å². The fourth-order valence-electron chi connectivity index (χ4n) is 2.73. The average Bonchev–Trinajstić information content (AvgIpc) is 3.08. The Morgan fingerprint density at radius 2 is 1.93 bits per heavy atom. The van der Waals surface area contributed by atoms with E-state index < -0.39 is 0 Å². The van der Waals surface area contributed by atoms with Gasteiger partial charge >= 0.3 is 0 Å². The van der Waals surface area contributed by atoms with Gasteiger partial charge in [-0.1, -0.05) is 39.0 Å². The summed E-state index contributed by atoms with van der Waals surface area (Å²) >= 11 is 0. The maximum absolute atomic E-state index is 6.09. The van der Waals surface area contributed by atoms with Crippen LogP contribution in [0.3, 0.4) is 0 Å². The highest BCUT2D eigenvalue weighted by Gasteiger charge is 2.20. The Bertz CT molecular complexity index is 779. The number of rotatable bonds is 6. The molecule has 1 heterocycles. The minimum Gasteiger partial charge on any atom is -0.490 e. The topological polar surface area (TPSA) is 71.7 Å². The van der Waals surface area contributed by atoms with Crippen LogP contribution in [-0.4, -0.2) is 24.1 Å². The quantitative estimate of drug-likeness (QED) is 0.351. The monoisotopic (exact) mass is 498 g/mol. The van der Waals surface area contributed by atoms with Crippen LogP contribution in [0.4, 0.5) is 0 Å². The van der Waals surface area contributed by atoms with Crippen molar-refractivity contribution in [1.29, 1.82) is 0 Å². The first-order valence-corrected chi connectivity index (χ1v) is 9.60. The first-order valence-electron chi connectivity index (χ1n) is 9.60. The first-order chi connectivity index (χ1) is 13.0. The van der Waals surface area contributed by atoms with E-state index in [1.807, 2.05) is 18.2 Å². The first kappa shape index (κ1) is 22.5. The zero-order valence-electron chi connectivity index (χ0n) is 17.1. The Morgan fingerprint density at radius 3 is 2.54 bits per heavy atom. The van der Waals surface area contributed by atoms with E-state index in [0.29, 0.717) is 31.0 Å². The third kappa shape index (κ3) is 6.12. The molecule has 1 saturated carbocycles. The van der Waals surface area contributed by atoms with Gasteiger partial charge in [-0.2, -0.15) is 0 Å². The molecule has 2 aromatic rings. The van der Waals surface area contributed by atoms with Crippen molar-refractivity contribution in [2.24, 2.45) is 4.99 Å². The number of halogens is 1. The van der Waals surface area contributed by atoms with Crippen molar-refractivity contribution in [3.8, 4) is 5.75 Å². The van der Waals surface area contributed by atoms with Crippen molar-refractivity contribution in [3.63, 3.8) is 0 Å². The standard InChI is InChI=1S/C21H30N4O2.HI/c1-21(2,3)18-13-23-19(27-18)14-25-20(22-4)24-12-15-8-5-6-11-17(15)26-16-9-7-10-16;/h5-6,8,11,13,16H,7,9-10,12,14H2,1-4H3,(H2,22,24,25);1H. The molecule has 0 radical (unpaired) electrons. The Labute approximate surface area is 184 Å². The number of hydrogen-bond donors (Lipinski definition) is 2. The molecule has 2 N–H and O–H groups in total. The zero-order valence-corrected chi connectivity index (χ0v) is 19.4. The highest BCUT2D eigenvalue weighted by atomic mass is 127. The summed E-state index contributed by atoms with van der Waals surface area (Å²) in [5.74, 6) is 3.18. The van der Waals surface area contributed by atoms with Gasteiger partial charge in [-0.3, -0.25) is 4.99 Å². The van der Waals surface area contributed by atoms with Crippen molar-refractivity contribution in [1.82, 2.24) is 15.6 Å². The molecule has 0 aliphatic heterocycles. The maximum Gasteiger partial charge on any atom is 0.213 e. The van der Waals surface area contributed by atoms with E-state index in [2.05, 4.69) is 47.4 Å². The second kappa shape index (κ2) is 10.1. The Hall–Kier alpha value is -1.77. The summed E-state index contributed by atoms with van der Waals surface area (Å²) in [7, 11) is 1.75. The van der Waals surface area contributed by atoms with Gasteiger partial charge in [0.15, 0.2) is 5.96 Å². The Morgan fingerprint density at radius 1 is 1.21 bits per heavy atom. The smallest absolute Gasteiger partial charge is 0.213 e. The van der Waals surface area contributed by atoms with Gasteiger partial charge in [-0.05, 0) is 25.3 Å². The second-order valence-electron chi connectivity index (χ2n) is 7.93. The zero-order chi connectivity index (χ0) is 19.3. The number of aliphatic imine (C=N–C) groups is 1. The predicted molar refractivity (Wildman–Crippen MR) is 122 cm³/mol. The number of guanidine groups is 1. The average molecular weight is 498 g/mol. The number of hydrogen-bond acceptors (Lipinski definition) is 4. The summed E-state index contributed by atoms with van der Waals surface area (Å²) in [4.78, 5) is 8.61. The van der Waals surface area contributed by atoms with E-state index >= 15 is 0 Å². The SMILES string of the molecule is CN=C(NCc1ncc(C(C)(C)C)o1)NCc1ccccc1OC1CCC1.I. The lowest BCUT2D eigenvalue weighted by Gasteiger charge is -2.27. The number of para-hydroxylation sites is 1. The number of ether oxygens (including phenoxy) is 1. The predicted octanol–water partition coefficient (Wildman–Crippen LogP) is 4.39. The van der Waals surface area contributed by atoms with Gasteiger partial charge in [0, 0.05) is 24.6 Å². The third-order valence-corrected chi connectivity index (χ3v) is 4.69. The van der Waals surface area contributed by atoms with Gasteiger partial charge in [-0.15, -0.1) is 24.0 Å². The number of oxazole rings is 1. The number of aromatic nitrogens is 1. The van der Waals surface area contributed by atoms with E-state index in [4.69, 9.17) is 9.15 Å². The van der Waals surface area contributed by atoms with E-state index in [0.717, 1.165) is 29.9 Å². The normalized spacial score (nSPS) is 14.8. The third-order valence-electron chi connectivity index (χ3n) is 4.69. The molecular weight excluding hydrogens is 467 g/mol. The molecule has 0 unspecified atom stereocenters. The number of benzene rings is 1. The molecule has 6 nitrogen and oxygen atoms in total. The molecule has 28 heavy (non-hydrogen) atoms. The van der Waals surface area contributed by atoms with Crippen molar-refractivity contribution in [3.05, 3.63) is 47.7 Å². The highest BCUT2D eigenvalue weighted by molar-refractivity contribution is 14.0. The summed E-state index contributed by atoms with van der Waals surface area (Å²) in [5.41, 5.74) is 1.08. The van der Waals surface area contributed by atoms with Crippen molar-refractivity contribution in [2.45, 2.75) is 64.6 Å². The minimum atomic E-state index is -0.0463. The molecule has 0 saturated heterocycles. The number of nitrogens with one attached hydrogen (secondary N) is 2. The maximum atomic E-state index is 6.09. The van der Waals surface area contributed by atoms with E-state index in [9.17, 15) is 0 Å². The molecule has 1 aromatic heterocycles. The molecule has 1 aliphatic carbocycles. The van der Waals surface area contributed by atoms with Crippen LogP contribution < -0.4 is 15.4 Å². The molecule has 1 fully saturated rings. The summed E-state index contributed by atoms with van der Waals surface area (Å²) < 4.78 is 11.9. The number of nitrogens with zero attached hydrogens (tertiary/aromatic N) is 2. The molecule has 1 aliphatic rings. The van der Waals surface area contributed by atoms with E-state index in [1.165, 1.54) is 6.42 Å². The molecule has 1 aromatic carbocycles. The summed E-state index contributed by atoms with van der Waals surface area (Å²) in [6.07, 6.45) is 5.72. The molecule has 3 rings (SSSR count). The van der Waals surface area contributed by atoms with Crippen LogP contribution in [0.25, 0.3) is 0 Å². The van der Waals surface area contributed by atoms with E-state index in [1.54, 1.807) is 13.2 Å². The fraction of sp³-hybridized carbons (Fsp3) is 0.524. The van der Waals surface area contributed by atoms with Crippen LogP contribution in [0, 0.1) is 0 Å². The fourth-order valence-corrected chi connectivity index (χ4v) is 2.73. The lowest BCUT2D eigenvalue weighted by Crippen LogP contribution is -2.36. The van der Waals surface area contributed by atoms with E-state index in [-0.39, 0.29) is 29.4 Å². The summed E-state index contributed by atoms with van der Waals surface area (Å²) in [6, 6.07) is 8.16. The largest absolute Gasteiger partial charge is 0.490 e. The van der Waals surface area contributed by atoms with Crippen LogP contribution in [0.2, 0.25) is 0 Å². The second-order valence-corrected chi connectivity index (χ2v) is 7.93. The molecule has 0 bridgehead atoms. The van der Waals surface area contributed by atoms with Gasteiger partial charge in [0.05, 0.1) is 18.8 Å². The molecule has 7 heteroatoms. The van der Waals surface area contributed by atoms with Crippen LogP contribution >= 0.6 is 24.0 Å². The molecular formula is C21H31IN4O2. The van der Waals surface area contributed by atoms with Crippen LogP contribution in [-0.2, 0) is 18.5 Å². The summed E-state index contributed by atoms with van der Waals surface area (Å²) in [6.45, 7) is 7.44. The van der Waals surface area contributed by atoms with Crippen LogP contribution in [0.15, 0.2) is 39.9 Å². The molecule has 154 valence electrons. The molecule has 0 spiro atoms. The lowest BCUT2D eigenvalue weighted by atomic mass is 9.94.